The molecule has 1 aromatic rings. The van der Waals surface area contributed by atoms with E-state index in [0.717, 1.165) is 12.0 Å². The summed E-state index contributed by atoms with van der Waals surface area (Å²) in [6.07, 6.45) is 1.04. The lowest BCUT2D eigenvalue weighted by atomic mass is 9.80. The van der Waals surface area contributed by atoms with Gasteiger partial charge in [-0.1, -0.05) is 47.6 Å². The van der Waals surface area contributed by atoms with Crippen LogP contribution in [0.15, 0.2) is 18.2 Å². The molecule has 296 valence electrons. The molecule has 3 amide bonds. The van der Waals surface area contributed by atoms with Gasteiger partial charge in [0.05, 0.1) is 31.3 Å². The fourth-order valence-corrected chi connectivity index (χ4v) is 5.87. The second-order valence-electron chi connectivity index (χ2n) is 15.3. The van der Waals surface area contributed by atoms with E-state index in [2.05, 4.69) is 19.2 Å². The van der Waals surface area contributed by atoms with Crippen molar-refractivity contribution in [2.24, 2.45) is 46.5 Å². The van der Waals surface area contributed by atoms with Crippen molar-refractivity contribution < 1.29 is 47.6 Å². The van der Waals surface area contributed by atoms with Crippen molar-refractivity contribution in [3.8, 4) is 11.5 Å². The average molecular weight is 737 g/mol. The molecule has 1 heterocycles. The first-order valence-corrected chi connectivity index (χ1v) is 18.3. The third-order valence-electron chi connectivity index (χ3n) is 9.83. The molecule has 1 aromatic carbocycles. The molecule has 0 saturated carbocycles. The second kappa shape index (κ2) is 21.2. The predicted octanol–water partition coefficient (Wildman–Crippen LogP) is 4.25. The number of nitrogens with two attached hydrogens (primary N) is 2. The number of esters is 1. The van der Waals surface area contributed by atoms with Gasteiger partial charge < -0.3 is 45.2 Å². The van der Waals surface area contributed by atoms with Gasteiger partial charge in [-0.3, -0.25) is 19.3 Å². The van der Waals surface area contributed by atoms with Gasteiger partial charge in [-0.2, -0.15) is 0 Å². The number of nitrogens with one attached hydrogen (secondary N) is 1. The number of amides is 3. The van der Waals surface area contributed by atoms with Gasteiger partial charge in [0.25, 0.3) is 0 Å². The zero-order valence-electron chi connectivity index (χ0n) is 32.9. The summed E-state index contributed by atoms with van der Waals surface area (Å²) in [7, 11) is 3.25. The minimum absolute atomic E-state index is 0.0679. The second-order valence-corrected chi connectivity index (χ2v) is 15.3. The van der Waals surface area contributed by atoms with Gasteiger partial charge in [-0.25, -0.2) is 4.79 Å². The highest BCUT2D eigenvalue weighted by Gasteiger charge is 2.43. The van der Waals surface area contributed by atoms with E-state index in [1.165, 1.54) is 4.90 Å². The number of nitrogens with zero attached hydrogens (tertiary/aromatic N) is 1. The molecule has 0 aromatic heterocycles. The molecule has 14 nitrogen and oxygen atoms in total. The number of rotatable bonds is 22. The SMILES string of the molecule is COCCCOc1cc(CC(CC2C(CC(C(=O)NCC(C)(C)C(N)=O)C(C)C)OCN2C(=O)OCOC(=O)[C@@H](N)C(C)C)C(C)C)ccc1OC. The third kappa shape index (κ3) is 13.4. The Balaban J connectivity index is 2.35. The first-order valence-electron chi connectivity index (χ1n) is 18.3. The summed E-state index contributed by atoms with van der Waals surface area (Å²) in [6.45, 7) is 15.6. The monoisotopic (exact) mass is 736 g/mol. The van der Waals surface area contributed by atoms with Gasteiger partial charge in [0.2, 0.25) is 18.6 Å². The topological polar surface area (TPSA) is 191 Å². The molecule has 4 unspecified atom stereocenters. The van der Waals surface area contributed by atoms with E-state index < -0.39 is 54.3 Å². The minimum Gasteiger partial charge on any atom is -0.493 e. The number of benzene rings is 1. The standard InChI is InChI=1S/C38H64N4O10/c1-23(2)27(16-26-12-13-30(48-10)32(17-26)49-15-11-14-47-9)18-29-31(19-28(24(3)4)34(43)41-20-38(7,8)36(40)45)50-21-42(29)37(46)52-22-51-35(44)33(39)25(5)6/h12-13,17,23-25,27-29,31,33H,11,14-16,18-22,39H2,1-10H3,(H2,40,45)(H,41,43)/t27?,28?,29?,31?,33-/m0/s1. The van der Waals surface area contributed by atoms with Gasteiger partial charge in [-0.15, -0.1) is 0 Å². The molecule has 0 bridgehead atoms. The van der Waals surface area contributed by atoms with Gasteiger partial charge >= 0.3 is 12.1 Å². The molecular weight excluding hydrogens is 672 g/mol. The van der Waals surface area contributed by atoms with Crippen molar-refractivity contribution in [2.45, 2.75) is 99.3 Å². The van der Waals surface area contributed by atoms with Crippen LogP contribution in [0.5, 0.6) is 11.5 Å². The largest absolute Gasteiger partial charge is 0.493 e. The summed E-state index contributed by atoms with van der Waals surface area (Å²) in [4.78, 5) is 52.7. The van der Waals surface area contributed by atoms with Crippen molar-refractivity contribution in [2.75, 3.05) is 47.5 Å². The minimum atomic E-state index is -0.923. The summed E-state index contributed by atoms with van der Waals surface area (Å²) in [6, 6.07) is 4.57. The van der Waals surface area contributed by atoms with E-state index >= 15 is 0 Å². The smallest absolute Gasteiger partial charge is 0.414 e. The Labute approximate surface area is 309 Å². The van der Waals surface area contributed by atoms with Crippen LogP contribution in [0.3, 0.4) is 0 Å². The van der Waals surface area contributed by atoms with Crippen molar-refractivity contribution in [1.82, 2.24) is 10.2 Å². The molecule has 5 atom stereocenters. The van der Waals surface area contributed by atoms with Crippen LogP contribution in [0.2, 0.25) is 0 Å². The van der Waals surface area contributed by atoms with Crippen molar-refractivity contribution >= 4 is 23.9 Å². The maximum absolute atomic E-state index is 13.5. The molecule has 1 saturated heterocycles. The van der Waals surface area contributed by atoms with E-state index in [9.17, 15) is 19.2 Å². The Hall–Kier alpha value is -3.62. The van der Waals surface area contributed by atoms with Crippen LogP contribution < -0.4 is 26.3 Å². The summed E-state index contributed by atoms with van der Waals surface area (Å²) in [5.41, 5.74) is 11.5. The van der Waals surface area contributed by atoms with E-state index in [4.69, 9.17) is 39.9 Å². The van der Waals surface area contributed by atoms with Crippen LogP contribution in [0, 0.1) is 35.0 Å². The zero-order chi connectivity index (χ0) is 39.2. The number of hydrogen-bond donors (Lipinski definition) is 3. The van der Waals surface area contributed by atoms with Crippen LogP contribution in [0.25, 0.3) is 0 Å². The quantitative estimate of drug-likeness (QED) is 0.0876. The molecule has 14 heteroatoms. The van der Waals surface area contributed by atoms with Gasteiger partial charge in [0.15, 0.2) is 11.5 Å². The Kier molecular flexibility index (Phi) is 18.1. The first kappa shape index (κ1) is 44.5. The molecule has 1 aliphatic heterocycles. The number of carbonyl (C=O) groups is 4. The highest BCUT2D eigenvalue weighted by molar-refractivity contribution is 5.83. The fraction of sp³-hybridized carbons (Fsp3) is 0.737. The maximum Gasteiger partial charge on any atom is 0.414 e. The first-order chi connectivity index (χ1) is 24.4. The number of ether oxygens (including phenoxy) is 6. The summed E-state index contributed by atoms with van der Waals surface area (Å²) >= 11 is 0. The predicted molar refractivity (Wildman–Crippen MR) is 196 cm³/mol. The van der Waals surface area contributed by atoms with E-state index in [-0.39, 0.29) is 42.9 Å². The molecule has 0 radical (unpaired) electrons. The van der Waals surface area contributed by atoms with E-state index in [1.807, 2.05) is 32.0 Å². The van der Waals surface area contributed by atoms with Crippen LogP contribution in [-0.4, -0.2) is 94.5 Å². The lowest BCUT2D eigenvalue weighted by molar-refractivity contribution is -0.155. The molecule has 1 aliphatic rings. The normalized spacial score (nSPS) is 17.9. The molecular formula is C38H64N4O10. The molecule has 2 rings (SSSR count). The van der Waals surface area contributed by atoms with Gasteiger partial charge in [-0.05, 0) is 74.5 Å². The van der Waals surface area contributed by atoms with Crippen molar-refractivity contribution in [3.05, 3.63) is 23.8 Å². The van der Waals surface area contributed by atoms with Crippen LogP contribution >= 0.6 is 0 Å². The molecule has 0 spiro atoms. The lowest BCUT2D eigenvalue weighted by Crippen LogP contribution is -2.47. The van der Waals surface area contributed by atoms with Crippen LogP contribution in [0.4, 0.5) is 4.79 Å². The number of methoxy groups -OCH3 is 2. The van der Waals surface area contributed by atoms with Gasteiger partial charge in [0.1, 0.15) is 12.8 Å². The van der Waals surface area contributed by atoms with Crippen molar-refractivity contribution in [1.29, 1.82) is 0 Å². The lowest BCUT2D eigenvalue weighted by Gasteiger charge is -2.33. The average Bonchev–Trinajstić information content (AvgIpc) is 3.48. The number of hydrogen-bond acceptors (Lipinski definition) is 11. The summed E-state index contributed by atoms with van der Waals surface area (Å²) in [5.74, 6) is -0.563. The third-order valence-corrected chi connectivity index (χ3v) is 9.83. The molecule has 1 fully saturated rings. The van der Waals surface area contributed by atoms with Crippen LogP contribution in [-0.2, 0) is 39.8 Å². The molecule has 52 heavy (non-hydrogen) atoms. The van der Waals surface area contributed by atoms with E-state index in [1.54, 1.807) is 41.9 Å². The Morgan fingerprint density at radius 3 is 2.23 bits per heavy atom. The van der Waals surface area contributed by atoms with E-state index in [0.29, 0.717) is 44.0 Å². The fourth-order valence-electron chi connectivity index (χ4n) is 5.87. The maximum atomic E-state index is 13.5. The Morgan fingerprint density at radius 2 is 1.65 bits per heavy atom. The van der Waals surface area contributed by atoms with Gasteiger partial charge in [0, 0.05) is 32.6 Å². The highest BCUT2D eigenvalue weighted by atomic mass is 16.7. The molecule has 5 N–H and O–H groups in total. The molecule has 0 aliphatic carbocycles. The number of carbonyl (C=O) groups excluding carboxylic acids is 4. The Bertz CT molecular complexity index is 1300. The zero-order valence-corrected chi connectivity index (χ0v) is 32.9. The number of primary amides is 1. The Morgan fingerprint density at radius 1 is 0.962 bits per heavy atom. The van der Waals surface area contributed by atoms with Crippen molar-refractivity contribution in [3.63, 3.8) is 0 Å². The van der Waals surface area contributed by atoms with Crippen LogP contribution in [0.1, 0.15) is 80.2 Å². The summed E-state index contributed by atoms with van der Waals surface area (Å²) in [5, 5.41) is 2.90. The summed E-state index contributed by atoms with van der Waals surface area (Å²) < 4.78 is 33.5. The highest BCUT2D eigenvalue weighted by Crippen LogP contribution is 2.36.